The third-order valence-electron chi connectivity index (χ3n) is 9.09. The number of carbonyl (C=O) groups is 2. The maximum atomic E-state index is 9.90. The minimum absolute atomic E-state index is 0.0262. The minimum atomic E-state index is -0.870. The number of hydrogen-bond donors (Lipinski definition) is 4. The molecule has 0 aromatic carbocycles. The van der Waals surface area contributed by atoms with Gasteiger partial charge in [0.05, 0.1) is 12.2 Å². The first-order valence-electron chi connectivity index (χ1n) is 21.0. The van der Waals surface area contributed by atoms with E-state index < -0.39 is 11.9 Å². The summed E-state index contributed by atoms with van der Waals surface area (Å²) < 4.78 is 0. The first kappa shape index (κ1) is 51.2. The van der Waals surface area contributed by atoms with Crippen LogP contribution in [-0.4, -0.2) is 44.6 Å². The van der Waals surface area contributed by atoms with Crippen molar-refractivity contribution in [1.82, 2.24) is 0 Å². The highest BCUT2D eigenvalue weighted by Gasteiger charge is 2.05. The molecule has 0 saturated heterocycles. The first-order valence-corrected chi connectivity index (χ1v) is 21.0. The highest BCUT2D eigenvalue weighted by molar-refractivity contribution is 5.67. The largest absolute Gasteiger partial charge is 0.481 e. The molecule has 0 rings (SSSR count). The number of aliphatic carboxylic acids is 2. The summed E-state index contributed by atoms with van der Waals surface area (Å²) in [5, 5.41) is 36.0. The van der Waals surface area contributed by atoms with Crippen LogP contribution in [0.4, 0.5) is 0 Å². The van der Waals surface area contributed by atoms with Crippen molar-refractivity contribution in [3.05, 3.63) is 0 Å². The molecule has 6 heteroatoms. The zero-order valence-corrected chi connectivity index (χ0v) is 32.8. The molecule has 0 fully saturated rings. The zero-order valence-electron chi connectivity index (χ0n) is 32.8. The molecule has 0 amide bonds. The lowest BCUT2D eigenvalue weighted by molar-refractivity contribution is -0.139. The van der Waals surface area contributed by atoms with Gasteiger partial charge in [-0.3, -0.25) is 9.59 Å². The fraction of sp³-hybridized carbons (Fsp3) is 0.952. The summed E-state index contributed by atoms with van der Waals surface area (Å²) in [6, 6.07) is 0. The van der Waals surface area contributed by atoms with Gasteiger partial charge in [-0.25, -0.2) is 0 Å². The Bertz CT molecular complexity index is 559. The van der Waals surface area contributed by atoms with Crippen LogP contribution in [0.5, 0.6) is 0 Å². The summed E-state index contributed by atoms with van der Waals surface area (Å²) in [5.41, 5.74) is 0. The fourth-order valence-corrected chi connectivity index (χ4v) is 5.84. The summed E-state index contributed by atoms with van der Waals surface area (Å²) >= 11 is 0. The van der Waals surface area contributed by atoms with Crippen LogP contribution in [0.25, 0.3) is 0 Å². The van der Waals surface area contributed by atoms with E-state index in [4.69, 9.17) is 10.2 Å². The Morgan fingerprint density at radius 3 is 0.708 bits per heavy atom. The van der Waals surface area contributed by atoms with Crippen molar-refractivity contribution in [1.29, 1.82) is 0 Å². The van der Waals surface area contributed by atoms with E-state index in [1.54, 1.807) is 0 Å². The first-order chi connectivity index (χ1) is 23.2. The van der Waals surface area contributed by atoms with Gasteiger partial charge < -0.3 is 20.4 Å². The second kappa shape index (κ2) is 45.9. The molecule has 0 saturated carbocycles. The number of unbranched alkanes of at least 4 members (excludes halogenated alkanes) is 23. The molecule has 0 heterocycles. The lowest BCUT2D eigenvalue weighted by Crippen LogP contribution is -2.05. The highest BCUT2D eigenvalue weighted by Crippen LogP contribution is 2.15. The molecule has 0 spiro atoms. The van der Waals surface area contributed by atoms with E-state index in [9.17, 15) is 19.8 Å². The Morgan fingerprint density at radius 2 is 0.521 bits per heavy atom. The van der Waals surface area contributed by atoms with E-state index in [1.165, 1.54) is 167 Å². The highest BCUT2D eigenvalue weighted by atomic mass is 16.4. The van der Waals surface area contributed by atoms with E-state index >= 15 is 0 Å². The second-order valence-electron chi connectivity index (χ2n) is 14.2. The molecule has 0 aliphatic carbocycles. The number of hydrogen-bond acceptors (Lipinski definition) is 4. The van der Waals surface area contributed by atoms with Gasteiger partial charge in [-0.2, -0.15) is 0 Å². The average Bonchev–Trinajstić information content (AvgIpc) is 3.06. The Labute approximate surface area is 299 Å². The van der Waals surface area contributed by atoms with Gasteiger partial charge in [0.1, 0.15) is 0 Å². The van der Waals surface area contributed by atoms with E-state index in [1.807, 2.05) is 0 Å². The third kappa shape index (κ3) is 54.3. The predicted octanol–water partition coefficient (Wildman–Crippen LogP) is 13.2. The van der Waals surface area contributed by atoms with Crippen LogP contribution in [-0.2, 0) is 9.59 Å². The predicted molar refractivity (Wildman–Crippen MR) is 207 cm³/mol. The summed E-state index contributed by atoms with van der Waals surface area (Å²) in [7, 11) is 0. The smallest absolute Gasteiger partial charge is 0.303 e. The number of aliphatic hydroxyl groups excluding tert-OH is 2. The van der Waals surface area contributed by atoms with Crippen molar-refractivity contribution in [3.8, 4) is 0 Å². The van der Waals surface area contributed by atoms with Crippen molar-refractivity contribution in [2.24, 2.45) is 0 Å². The third-order valence-corrected chi connectivity index (χ3v) is 9.09. The molecule has 2 unspecified atom stereocenters. The van der Waals surface area contributed by atoms with Crippen LogP contribution < -0.4 is 0 Å². The maximum absolute atomic E-state index is 9.90. The average molecular weight is 687 g/mol. The Kier molecular flexibility index (Phi) is 48.9. The van der Waals surface area contributed by atoms with Crippen LogP contribution >= 0.6 is 0 Å². The molecule has 0 aliphatic rings. The van der Waals surface area contributed by atoms with Crippen LogP contribution in [0.2, 0.25) is 0 Å². The molecule has 2 atom stereocenters. The molecular weight excluding hydrogens is 600 g/mol. The molecule has 48 heavy (non-hydrogen) atoms. The summed E-state index contributed by atoms with van der Waals surface area (Å²) in [6.07, 6.45) is 39.9. The van der Waals surface area contributed by atoms with E-state index in [0.717, 1.165) is 25.7 Å². The maximum Gasteiger partial charge on any atom is 0.303 e. The lowest BCUT2D eigenvalue weighted by atomic mass is 10.0. The Balaban J connectivity index is -0.000000665. The molecule has 0 radical (unpaired) electrons. The number of carboxylic acid groups (broad SMARTS) is 2. The van der Waals surface area contributed by atoms with Crippen molar-refractivity contribution in [2.45, 2.75) is 258 Å². The lowest BCUT2D eigenvalue weighted by Gasteiger charge is -2.10. The van der Waals surface area contributed by atoms with Gasteiger partial charge in [0.2, 0.25) is 0 Å². The van der Waals surface area contributed by atoms with Crippen LogP contribution in [0.3, 0.4) is 0 Å². The number of rotatable bonds is 35. The van der Waals surface area contributed by atoms with Crippen molar-refractivity contribution in [2.75, 3.05) is 0 Å². The van der Waals surface area contributed by atoms with Gasteiger partial charge in [0, 0.05) is 12.8 Å². The second-order valence-corrected chi connectivity index (χ2v) is 14.2. The van der Waals surface area contributed by atoms with Gasteiger partial charge in [0.25, 0.3) is 0 Å². The van der Waals surface area contributed by atoms with Crippen molar-refractivity contribution in [3.63, 3.8) is 0 Å². The quantitative estimate of drug-likeness (QED) is 0.0493. The molecule has 290 valence electrons. The molecule has 0 aromatic heterocycles. The number of aliphatic hydroxyl groups is 2. The van der Waals surface area contributed by atoms with Crippen LogP contribution in [0, 0.1) is 0 Å². The number of carboxylic acids is 2. The SMILES string of the molecule is CCCCCCCCCCC(O)CCCCCCC.CCCCCCCCCCC(O)CCCCCCC.O=C(O)CCCCC(=O)O. The van der Waals surface area contributed by atoms with Crippen LogP contribution in [0.1, 0.15) is 246 Å². The summed E-state index contributed by atoms with van der Waals surface area (Å²) in [5.74, 6) is -1.74. The normalized spacial score (nSPS) is 12.0. The molecule has 6 nitrogen and oxygen atoms in total. The van der Waals surface area contributed by atoms with Gasteiger partial charge in [-0.15, -0.1) is 0 Å². The van der Waals surface area contributed by atoms with Crippen molar-refractivity contribution >= 4 is 11.9 Å². The molecule has 0 aromatic rings. The zero-order chi connectivity index (χ0) is 36.4. The van der Waals surface area contributed by atoms with Crippen molar-refractivity contribution < 1.29 is 30.0 Å². The molecule has 0 aliphatic heterocycles. The van der Waals surface area contributed by atoms with Gasteiger partial charge >= 0.3 is 11.9 Å². The topological polar surface area (TPSA) is 115 Å². The molecular formula is C42H86O6. The van der Waals surface area contributed by atoms with Gasteiger partial charge in [0.15, 0.2) is 0 Å². The Morgan fingerprint density at radius 1 is 0.333 bits per heavy atom. The summed E-state index contributed by atoms with van der Waals surface area (Å²) in [6.45, 7) is 9.03. The minimum Gasteiger partial charge on any atom is -0.481 e. The fourth-order valence-electron chi connectivity index (χ4n) is 5.84. The van der Waals surface area contributed by atoms with E-state index in [2.05, 4.69) is 27.7 Å². The van der Waals surface area contributed by atoms with Gasteiger partial charge in [-0.1, -0.05) is 195 Å². The Hall–Kier alpha value is -1.14. The van der Waals surface area contributed by atoms with Crippen LogP contribution in [0.15, 0.2) is 0 Å². The molecule has 0 bridgehead atoms. The molecule has 4 N–H and O–H groups in total. The standard InChI is InChI=1S/2C18H38O.C6H10O4/c2*1-3-5-7-9-10-11-13-15-17-18(19)16-14-12-8-6-4-2;7-5(8)3-1-2-4-6(9)10/h2*18-19H,3-17H2,1-2H3;1-4H2,(H,7,8)(H,9,10). The summed E-state index contributed by atoms with van der Waals surface area (Å²) in [4.78, 5) is 19.8. The van der Waals surface area contributed by atoms with Gasteiger partial charge in [-0.05, 0) is 38.5 Å². The van der Waals surface area contributed by atoms with E-state index in [0.29, 0.717) is 12.8 Å². The van der Waals surface area contributed by atoms with E-state index in [-0.39, 0.29) is 25.0 Å². The monoisotopic (exact) mass is 687 g/mol.